The Bertz CT molecular complexity index is 529. The van der Waals surface area contributed by atoms with Gasteiger partial charge in [-0.1, -0.05) is 11.6 Å². The van der Waals surface area contributed by atoms with Crippen LogP contribution in [-0.2, 0) is 0 Å². The minimum Gasteiger partial charge on any atom is -0.376 e. The first-order chi connectivity index (χ1) is 8.06. The predicted molar refractivity (Wildman–Crippen MR) is 88.2 cm³/mol. The van der Waals surface area contributed by atoms with Crippen molar-refractivity contribution in [1.82, 2.24) is 0 Å². The largest absolute Gasteiger partial charge is 0.376 e. The average molecular weight is 443 g/mol. The van der Waals surface area contributed by atoms with E-state index in [0.717, 1.165) is 15.2 Å². The zero-order valence-corrected chi connectivity index (χ0v) is 14.3. The van der Waals surface area contributed by atoms with Crippen LogP contribution in [0.5, 0.6) is 0 Å². The molecule has 1 heterocycles. The molecule has 2 rings (SSSR count). The molecule has 0 bridgehead atoms. The Balaban J connectivity index is 2.18. The summed E-state index contributed by atoms with van der Waals surface area (Å²) in [6.07, 6.45) is 0. The molecule has 90 valence electrons. The van der Waals surface area contributed by atoms with Gasteiger partial charge in [-0.2, -0.15) is 0 Å². The molecule has 1 nitrogen and oxygen atoms in total. The molecule has 0 saturated heterocycles. The summed E-state index contributed by atoms with van der Waals surface area (Å²) in [4.78, 5) is 1.28. The zero-order chi connectivity index (χ0) is 12.4. The average Bonchev–Trinajstić information content (AvgIpc) is 2.70. The van der Waals surface area contributed by atoms with E-state index in [0.29, 0.717) is 0 Å². The third-order valence-electron chi connectivity index (χ3n) is 2.31. The van der Waals surface area contributed by atoms with Crippen LogP contribution in [-0.4, -0.2) is 0 Å². The van der Waals surface area contributed by atoms with E-state index in [4.69, 9.17) is 11.6 Å². The van der Waals surface area contributed by atoms with Crippen LogP contribution in [0.25, 0.3) is 0 Å². The molecule has 0 aliphatic rings. The van der Waals surface area contributed by atoms with Crippen LogP contribution < -0.4 is 5.32 Å². The highest BCUT2D eigenvalue weighted by molar-refractivity contribution is 14.1. The van der Waals surface area contributed by atoms with E-state index >= 15 is 0 Å². The van der Waals surface area contributed by atoms with E-state index in [2.05, 4.69) is 68.3 Å². The number of anilines is 1. The molecule has 0 radical (unpaired) electrons. The van der Waals surface area contributed by atoms with Crippen molar-refractivity contribution >= 4 is 67.1 Å². The fourth-order valence-electron chi connectivity index (χ4n) is 1.47. The number of hydrogen-bond acceptors (Lipinski definition) is 2. The van der Waals surface area contributed by atoms with E-state index in [1.807, 2.05) is 12.1 Å². The predicted octanol–water partition coefficient (Wildman–Crippen LogP) is 5.94. The number of thiophene rings is 1. The first-order valence-electron chi connectivity index (χ1n) is 5.02. The maximum Gasteiger partial charge on any atom is 0.0638 e. The molecule has 1 atom stereocenters. The van der Waals surface area contributed by atoms with Crippen molar-refractivity contribution in [1.29, 1.82) is 0 Å². The van der Waals surface area contributed by atoms with E-state index in [1.165, 1.54) is 8.45 Å². The van der Waals surface area contributed by atoms with Crippen LogP contribution in [0.15, 0.2) is 34.1 Å². The van der Waals surface area contributed by atoms with Crippen LogP contribution in [0, 0.1) is 3.57 Å². The van der Waals surface area contributed by atoms with Crippen molar-refractivity contribution in [2.75, 3.05) is 5.32 Å². The van der Waals surface area contributed by atoms with Crippen LogP contribution in [0.2, 0.25) is 5.02 Å². The second-order valence-electron chi connectivity index (χ2n) is 3.66. The number of benzene rings is 1. The minimum atomic E-state index is 0.252. The van der Waals surface area contributed by atoms with Crippen LogP contribution in [0.3, 0.4) is 0 Å². The van der Waals surface area contributed by atoms with E-state index < -0.39 is 0 Å². The van der Waals surface area contributed by atoms with Gasteiger partial charge < -0.3 is 5.32 Å². The third-order valence-corrected chi connectivity index (χ3v) is 5.19. The van der Waals surface area contributed by atoms with Crippen molar-refractivity contribution in [3.05, 3.63) is 47.6 Å². The molecule has 2 aromatic rings. The van der Waals surface area contributed by atoms with Gasteiger partial charge in [0.1, 0.15) is 0 Å². The molecule has 5 heteroatoms. The second-order valence-corrected chi connectivity index (χ2v) is 7.17. The quantitative estimate of drug-likeness (QED) is 0.580. The summed E-state index contributed by atoms with van der Waals surface area (Å²) >= 11 is 13.6. The topological polar surface area (TPSA) is 12.0 Å². The van der Waals surface area contributed by atoms with E-state index in [1.54, 1.807) is 11.3 Å². The fraction of sp³-hybridized carbons (Fsp3) is 0.167. The molecular weight excluding hydrogens is 432 g/mol. The fourth-order valence-corrected chi connectivity index (χ4v) is 3.58. The first kappa shape index (κ1) is 13.6. The van der Waals surface area contributed by atoms with Gasteiger partial charge in [-0.25, -0.2) is 0 Å². The summed E-state index contributed by atoms with van der Waals surface area (Å²) in [5.41, 5.74) is 0.982. The lowest BCUT2D eigenvalue weighted by atomic mass is 10.2. The number of nitrogens with one attached hydrogen (secondary N) is 1. The van der Waals surface area contributed by atoms with Gasteiger partial charge in [-0.05, 0) is 69.7 Å². The number of hydrogen-bond donors (Lipinski definition) is 1. The van der Waals surface area contributed by atoms with E-state index in [-0.39, 0.29) is 6.04 Å². The number of rotatable bonds is 3. The molecule has 0 spiro atoms. The Hall–Kier alpha value is 0.220. The Morgan fingerprint density at radius 3 is 2.82 bits per heavy atom. The normalized spacial score (nSPS) is 12.5. The van der Waals surface area contributed by atoms with E-state index in [9.17, 15) is 0 Å². The van der Waals surface area contributed by atoms with Gasteiger partial charge in [0.2, 0.25) is 0 Å². The highest BCUT2D eigenvalue weighted by Gasteiger charge is 2.10. The molecule has 1 N–H and O–H groups in total. The Labute approximate surface area is 132 Å². The summed E-state index contributed by atoms with van der Waals surface area (Å²) < 4.78 is 2.30. The summed E-state index contributed by atoms with van der Waals surface area (Å²) in [6.45, 7) is 2.13. The molecule has 1 unspecified atom stereocenters. The Morgan fingerprint density at radius 2 is 2.18 bits per heavy atom. The van der Waals surface area contributed by atoms with Crippen molar-refractivity contribution in [3.63, 3.8) is 0 Å². The van der Waals surface area contributed by atoms with Crippen molar-refractivity contribution < 1.29 is 0 Å². The zero-order valence-electron chi connectivity index (χ0n) is 9.01. The van der Waals surface area contributed by atoms with Gasteiger partial charge in [0.05, 0.1) is 16.8 Å². The summed E-state index contributed by atoms with van der Waals surface area (Å²) in [7, 11) is 0. The Morgan fingerprint density at radius 1 is 1.41 bits per heavy atom. The molecule has 0 saturated carbocycles. The SMILES string of the molecule is CC(Nc1cc(I)ccc1Cl)c1cc(Br)cs1. The summed E-state index contributed by atoms with van der Waals surface area (Å²) in [6, 6.07) is 8.36. The molecule has 17 heavy (non-hydrogen) atoms. The molecule has 0 aliphatic carbocycles. The van der Waals surface area contributed by atoms with Crippen LogP contribution in [0.4, 0.5) is 5.69 Å². The molecule has 1 aromatic carbocycles. The highest BCUT2D eigenvalue weighted by Crippen LogP contribution is 2.31. The summed E-state index contributed by atoms with van der Waals surface area (Å²) in [5.74, 6) is 0. The van der Waals surface area contributed by atoms with Gasteiger partial charge in [-0.3, -0.25) is 0 Å². The van der Waals surface area contributed by atoms with Gasteiger partial charge in [-0.15, -0.1) is 11.3 Å². The minimum absolute atomic E-state index is 0.252. The maximum atomic E-state index is 6.16. The smallest absolute Gasteiger partial charge is 0.0638 e. The van der Waals surface area contributed by atoms with Crippen molar-refractivity contribution in [2.24, 2.45) is 0 Å². The standard InChI is InChI=1S/C12H10BrClINS/c1-7(12-4-8(13)6-17-12)16-11-5-9(15)2-3-10(11)14/h2-7,16H,1H3. The lowest BCUT2D eigenvalue weighted by molar-refractivity contribution is 0.907. The highest BCUT2D eigenvalue weighted by atomic mass is 127. The molecule has 0 amide bonds. The Kier molecular flexibility index (Phi) is 4.74. The maximum absolute atomic E-state index is 6.16. The number of halogens is 3. The third kappa shape index (κ3) is 3.59. The summed E-state index contributed by atoms with van der Waals surface area (Å²) in [5, 5.41) is 6.28. The lowest BCUT2D eigenvalue weighted by Gasteiger charge is -2.15. The van der Waals surface area contributed by atoms with Gasteiger partial charge in [0.15, 0.2) is 0 Å². The van der Waals surface area contributed by atoms with Crippen molar-refractivity contribution in [2.45, 2.75) is 13.0 Å². The lowest BCUT2D eigenvalue weighted by Crippen LogP contribution is -2.05. The molecule has 0 aliphatic heterocycles. The monoisotopic (exact) mass is 441 g/mol. The first-order valence-corrected chi connectivity index (χ1v) is 8.14. The van der Waals surface area contributed by atoms with Crippen LogP contribution in [0.1, 0.15) is 17.8 Å². The molecule has 0 fully saturated rings. The molecular formula is C12H10BrClINS. The molecule has 1 aromatic heterocycles. The van der Waals surface area contributed by atoms with Gasteiger partial charge in [0.25, 0.3) is 0 Å². The van der Waals surface area contributed by atoms with Gasteiger partial charge in [0, 0.05) is 18.3 Å². The van der Waals surface area contributed by atoms with Gasteiger partial charge >= 0.3 is 0 Å². The second kappa shape index (κ2) is 5.91. The van der Waals surface area contributed by atoms with Crippen LogP contribution >= 0.6 is 61.5 Å². The van der Waals surface area contributed by atoms with Crippen molar-refractivity contribution in [3.8, 4) is 0 Å².